The zero-order chi connectivity index (χ0) is 25.7. The zero-order valence-corrected chi connectivity index (χ0v) is 21.5. The Kier molecular flexibility index (Phi) is 8.24. The molecule has 1 saturated carbocycles. The van der Waals surface area contributed by atoms with Crippen molar-refractivity contribution in [3.05, 3.63) is 82.1 Å². The second-order valence-electron chi connectivity index (χ2n) is 9.82. The lowest BCUT2D eigenvalue weighted by atomic mass is 9.81. The minimum atomic E-state index is -0.388. The third kappa shape index (κ3) is 5.69. The molecule has 36 heavy (non-hydrogen) atoms. The van der Waals surface area contributed by atoms with Gasteiger partial charge in [-0.1, -0.05) is 55.7 Å². The number of ether oxygens (including phenoxy) is 1. The summed E-state index contributed by atoms with van der Waals surface area (Å²) < 4.78 is 5.41. The molecule has 0 aromatic heterocycles. The van der Waals surface area contributed by atoms with Gasteiger partial charge in [0, 0.05) is 29.6 Å². The van der Waals surface area contributed by atoms with Crippen molar-refractivity contribution in [2.45, 2.75) is 77.8 Å². The number of carbonyl (C=O) groups is 3. The van der Waals surface area contributed by atoms with E-state index in [1.54, 1.807) is 17.9 Å². The van der Waals surface area contributed by atoms with E-state index in [-0.39, 0.29) is 42.8 Å². The molecule has 6 heteroatoms. The van der Waals surface area contributed by atoms with Crippen molar-refractivity contribution >= 4 is 17.8 Å². The van der Waals surface area contributed by atoms with Gasteiger partial charge in [-0.25, -0.2) is 4.79 Å². The SMILES string of the molecule is CCOC(=O)C1=C(C)N(Cc2cccc(C(=O)NC3CCCCC3)c2)C(=O)C[C@@H]1c1ccccc1C. The van der Waals surface area contributed by atoms with E-state index in [9.17, 15) is 14.4 Å². The molecule has 2 amide bonds. The van der Waals surface area contributed by atoms with Crippen LogP contribution in [0, 0.1) is 6.92 Å². The van der Waals surface area contributed by atoms with Crippen LogP contribution in [0.25, 0.3) is 0 Å². The molecule has 2 aromatic carbocycles. The molecule has 1 heterocycles. The molecule has 0 spiro atoms. The van der Waals surface area contributed by atoms with Gasteiger partial charge in [0.15, 0.2) is 0 Å². The summed E-state index contributed by atoms with van der Waals surface area (Å²) in [5.41, 5.74) is 4.57. The molecule has 0 radical (unpaired) electrons. The first-order valence-corrected chi connectivity index (χ1v) is 13.0. The summed E-state index contributed by atoms with van der Waals surface area (Å²) in [4.78, 5) is 41.0. The third-order valence-electron chi connectivity index (χ3n) is 7.35. The Hall–Kier alpha value is -3.41. The summed E-state index contributed by atoms with van der Waals surface area (Å²) >= 11 is 0. The molecule has 2 aromatic rings. The summed E-state index contributed by atoms with van der Waals surface area (Å²) in [6, 6.07) is 15.5. The molecule has 1 atom stereocenters. The van der Waals surface area contributed by atoms with E-state index >= 15 is 0 Å². The van der Waals surface area contributed by atoms with Crippen LogP contribution in [-0.4, -0.2) is 35.3 Å². The molecule has 0 saturated heterocycles. The number of rotatable bonds is 7. The first-order chi connectivity index (χ1) is 17.4. The maximum absolute atomic E-state index is 13.4. The largest absolute Gasteiger partial charge is 0.463 e. The number of allylic oxidation sites excluding steroid dienone is 1. The van der Waals surface area contributed by atoms with Crippen molar-refractivity contribution in [3.8, 4) is 0 Å². The predicted octanol–water partition coefficient (Wildman–Crippen LogP) is 5.41. The summed E-state index contributed by atoms with van der Waals surface area (Å²) in [6.07, 6.45) is 5.78. The summed E-state index contributed by atoms with van der Waals surface area (Å²) in [6.45, 7) is 6.15. The highest BCUT2D eigenvalue weighted by Crippen LogP contribution is 2.39. The lowest BCUT2D eigenvalue weighted by Crippen LogP contribution is -2.38. The molecule has 1 aliphatic heterocycles. The van der Waals surface area contributed by atoms with Gasteiger partial charge in [0.2, 0.25) is 5.91 Å². The first kappa shape index (κ1) is 25.7. The molecule has 1 aliphatic carbocycles. The van der Waals surface area contributed by atoms with Gasteiger partial charge in [-0.2, -0.15) is 0 Å². The van der Waals surface area contributed by atoms with E-state index in [4.69, 9.17) is 4.74 Å². The lowest BCUT2D eigenvalue weighted by Gasteiger charge is -2.35. The van der Waals surface area contributed by atoms with Crippen LogP contribution in [0.3, 0.4) is 0 Å². The number of nitrogens with one attached hydrogen (secondary N) is 1. The van der Waals surface area contributed by atoms with E-state index in [0.29, 0.717) is 23.4 Å². The number of nitrogens with zero attached hydrogens (tertiary/aromatic N) is 1. The van der Waals surface area contributed by atoms with E-state index in [2.05, 4.69) is 5.32 Å². The first-order valence-electron chi connectivity index (χ1n) is 13.0. The molecule has 0 unspecified atom stereocenters. The van der Waals surface area contributed by atoms with Gasteiger partial charge in [-0.3, -0.25) is 9.59 Å². The smallest absolute Gasteiger partial charge is 0.336 e. The fraction of sp³-hybridized carbons (Fsp3) is 0.433. The predicted molar refractivity (Wildman–Crippen MR) is 139 cm³/mol. The van der Waals surface area contributed by atoms with Crippen LogP contribution in [0.1, 0.15) is 85.3 Å². The number of aryl methyl sites for hydroxylation is 1. The quantitative estimate of drug-likeness (QED) is 0.529. The van der Waals surface area contributed by atoms with Crippen LogP contribution in [0.15, 0.2) is 59.8 Å². The van der Waals surface area contributed by atoms with Crippen molar-refractivity contribution in [2.24, 2.45) is 0 Å². The summed E-state index contributed by atoms with van der Waals surface area (Å²) in [7, 11) is 0. The van der Waals surface area contributed by atoms with Crippen molar-refractivity contribution in [1.82, 2.24) is 10.2 Å². The van der Waals surface area contributed by atoms with Crippen molar-refractivity contribution in [3.63, 3.8) is 0 Å². The number of carbonyl (C=O) groups excluding carboxylic acids is 3. The Morgan fingerprint density at radius 3 is 2.50 bits per heavy atom. The number of hydrogen-bond acceptors (Lipinski definition) is 4. The second-order valence-corrected chi connectivity index (χ2v) is 9.82. The van der Waals surface area contributed by atoms with Crippen LogP contribution in [0.5, 0.6) is 0 Å². The molecule has 0 bridgehead atoms. The number of amides is 2. The molecule has 4 rings (SSSR count). The minimum Gasteiger partial charge on any atom is -0.463 e. The van der Waals surface area contributed by atoms with Crippen LogP contribution in [0.2, 0.25) is 0 Å². The van der Waals surface area contributed by atoms with Gasteiger partial charge >= 0.3 is 5.97 Å². The van der Waals surface area contributed by atoms with E-state index in [0.717, 1.165) is 42.4 Å². The fourth-order valence-electron chi connectivity index (χ4n) is 5.43. The Morgan fingerprint density at radius 1 is 1.03 bits per heavy atom. The van der Waals surface area contributed by atoms with Crippen LogP contribution in [-0.2, 0) is 20.9 Å². The van der Waals surface area contributed by atoms with Gasteiger partial charge in [-0.15, -0.1) is 0 Å². The van der Waals surface area contributed by atoms with Crippen molar-refractivity contribution in [2.75, 3.05) is 6.61 Å². The number of hydrogen-bond donors (Lipinski definition) is 1. The topological polar surface area (TPSA) is 75.7 Å². The molecular formula is C30H36N2O4. The number of benzene rings is 2. The average molecular weight is 489 g/mol. The zero-order valence-electron chi connectivity index (χ0n) is 21.5. The maximum Gasteiger partial charge on any atom is 0.336 e. The number of esters is 1. The maximum atomic E-state index is 13.4. The van der Waals surface area contributed by atoms with Crippen molar-refractivity contribution < 1.29 is 19.1 Å². The fourth-order valence-corrected chi connectivity index (χ4v) is 5.43. The van der Waals surface area contributed by atoms with E-state index in [1.807, 2.05) is 56.3 Å². The average Bonchev–Trinajstić information content (AvgIpc) is 2.87. The molecule has 6 nitrogen and oxygen atoms in total. The highest BCUT2D eigenvalue weighted by atomic mass is 16.5. The molecular weight excluding hydrogens is 452 g/mol. The summed E-state index contributed by atoms with van der Waals surface area (Å²) in [5, 5.41) is 3.16. The van der Waals surface area contributed by atoms with Crippen molar-refractivity contribution in [1.29, 1.82) is 0 Å². The van der Waals surface area contributed by atoms with Crippen LogP contribution in [0.4, 0.5) is 0 Å². The van der Waals surface area contributed by atoms with Crippen LogP contribution < -0.4 is 5.32 Å². The Morgan fingerprint density at radius 2 is 1.78 bits per heavy atom. The Bertz CT molecular complexity index is 1160. The van der Waals surface area contributed by atoms with Gasteiger partial charge in [0.1, 0.15) is 0 Å². The monoisotopic (exact) mass is 488 g/mol. The Labute approximate surface area is 213 Å². The normalized spacial score (nSPS) is 18.8. The van der Waals surface area contributed by atoms with Gasteiger partial charge < -0.3 is 15.0 Å². The van der Waals surface area contributed by atoms with Gasteiger partial charge in [0.25, 0.3) is 5.91 Å². The lowest BCUT2D eigenvalue weighted by molar-refractivity contribution is -0.140. The van der Waals surface area contributed by atoms with E-state index < -0.39 is 0 Å². The second kappa shape index (κ2) is 11.5. The minimum absolute atomic E-state index is 0.0501. The third-order valence-corrected chi connectivity index (χ3v) is 7.35. The molecule has 1 N–H and O–H groups in total. The molecule has 1 fully saturated rings. The highest BCUT2D eigenvalue weighted by molar-refractivity contribution is 5.96. The summed E-state index contributed by atoms with van der Waals surface area (Å²) in [5.74, 6) is -0.860. The molecule has 190 valence electrons. The molecule has 2 aliphatic rings. The van der Waals surface area contributed by atoms with Gasteiger partial charge in [0.05, 0.1) is 18.7 Å². The van der Waals surface area contributed by atoms with E-state index in [1.165, 1.54) is 6.42 Å². The highest BCUT2D eigenvalue weighted by Gasteiger charge is 2.37. The standard InChI is InChI=1S/C30H36N2O4/c1-4-36-30(35)28-21(3)32(27(33)18-26(28)25-16-9-8-11-20(25)2)19-22-12-10-13-23(17-22)29(34)31-24-14-6-5-7-15-24/h8-13,16-17,24,26H,4-7,14-15,18-19H2,1-3H3,(H,31,34)/t26-/m1/s1. The van der Waals surface area contributed by atoms with Crippen LogP contribution >= 0.6 is 0 Å². The Balaban J connectivity index is 1.60. The van der Waals surface area contributed by atoms with Gasteiger partial charge in [-0.05, 0) is 62.4 Å².